The van der Waals surface area contributed by atoms with Crippen LogP contribution in [0.15, 0.2) is 0 Å². The fourth-order valence-corrected chi connectivity index (χ4v) is 2.82. The van der Waals surface area contributed by atoms with Crippen molar-refractivity contribution < 1.29 is 5.11 Å². The SMILES string of the molecule is CCCCSCCCCC(C)(CO)NCCC. The van der Waals surface area contributed by atoms with Crippen molar-refractivity contribution in [2.75, 3.05) is 24.7 Å². The second-order valence-corrected chi connectivity index (χ2v) is 6.29. The van der Waals surface area contributed by atoms with Crippen molar-refractivity contribution in [3.05, 3.63) is 0 Å². The summed E-state index contributed by atoms with van der Waals surface area (Å²) in [6.45, 7) is 7.78. The maximum absolute atomic E-state index is 9.42. The summed E-state index contributed by atoms with van der Waals surface area (Å²) >= 11 is 2.07. The molecule has 0 spiro atoms. The first kappa shape index (κ1) is 17.3. The Morgan fingerprint density at radius 3 is 2.35 bits per heavy atom. The Bertz CT molecular complexity index is 166. The lowest BCUT2D eigenvalue weighted by atomic mass is 9.96. The zero-order valence-electron chi connectivity index (χ0n) is 11.9. The standard InChI is InChI=1S/C14H31NOS/c1-4-6-11-17-12-8-7-9-14(3,13-16)15-10-5-2/h15-16H,4-13H2,1-3H3. The Morgan fingerprint density at radius 1 is 1.06 bits per heavy atom. The maximum Gasteiger partial charge on any atom is 0.0610 e. The molecule has 0 radical (unpaired) electrons. The van der Waals surface area contributed by atoms with E-state index in [0.29, 0.717) is 0 Å². The molecule has 0 aromatic heterocycles. The molecule has 104 valence electrons. The van der Waals surface area contributed by atoms with Gasteiger partial charge in [0.25, 0.3) is 0 Å². The second-order valence-electron chi connectivity index (χ2n) is 5.07. The molecule has 0 aromatic carbocycles. The molecule has 0 aliphatic rings. The molecule has 1 unspecified atom stereocenters. The molecule has 0 aromatic rings. The summed E-state index contributed by atoms with van der Waals surface area (Å²) < 4.78 is 0. The highest BCUT2D eigenvalue weighted by molar-refractivity contribution is 7.99. The van der Waals surface area contributed by atoms with Crippen LogP contribution in [0.25, 0.3) is 0 Å². The van der Waals surface area contributed by atoms with E-state index in [0.717, 1.165) is 19.4 Å². The third kappa shape index (κ3) is 9.93. The first-order valence-corrected chi connectivity index (χ1v) is 8.27. The Labute approximate surface area is 112 Å². The van der Waals surface area contributed by atoms with Crippen LogP contribution >= 0.6 is 11.8 Å². The van der Waals surface area contributed by atoms with Crippen molar-refractivity contribution in [3.63, 3.8) is 0 Å². The number of unbranched alkanes of at least 4 members (excludes halogenated alkanes) is 2. The van der Waals surface area contributed by atoms with Crippen LogP contribution in [-0.2, 0) is 0 Å². The van der Waals surface area contributed by atoms with E-state index in [2.05, 4.69) is 37.8 Å². The summed E-state index contributed by atoms with van der Waals surface area (Å²) in [4.78, 5) is 0. The van der Waals surface area contributed by atoms with E-state index in [1.165, 1.54) is 37.2 Å². The molecule has 0 aliphatic heterocycles. The number of nitrogens with one attached hydrogen (secondary N) is 1. The molecule has 0 rings (SSSR count). The molecule has 0 fully saturated rings. The molecule has 2 nitrogen and oxygen atoms in total. The van der Waals surface area contributed by atoms with Gasteiger partial charge in [0, 0.05) is 5.54 Å². The summed E-state index contributed by atoms with van der Waals surface area (Å²) in [5, 5.41) is 12.9. The van der Waals surface area contributed by atoms with Gasteiger partial charge in [-0.1, -0.05) is 26.7 Å². The third-order valence-corrected chi connectivity index (χ3v) is 4.21. The van der Waals surface area contributed by atoms with Gasteiger partial charge in [0.05, 0.1) is 6.61 Å². The molecule has 0 saturated heterocycles. The topological polar surface area (TPSA) is 32.3 Å². The first-order chi connectivity index (χ1) is 8.18. The predicted molar refractivity (Wildman–Crippen MR) is 79.9 cm³/mol. The van der Waals surface area contributed by atoms with Crippen molar-refractivity contribution in [1.29, 1.82) is 0 Å². The maximum atomic E-state index is 9.42. The highest BCUT2D eigenvalue weighted by Gasteiger charge is 2.20. The summed E-state index contributed by atoms with van der Waals surface area (Å²) in [6.07, 6.45) is 7.35. The number of rotatable bonds is 12. The number of hydrogen-bond donors (Lipinski definition) is 2. The third-order valence-electron chi connectivity index (χ3n) is 3.06. The molecule has 17 heavy (non-hydrogen) atoms. The summed E-state index contributed by atoms with van der Waals surface area (Å²) in [5.41, 5.74) is -0.0654. The molecule has 0 aliphatic carbocycles. The second kappa shape index (κ2) is 11.4. The van der Waals surface area contributed by atoms with Crippen molar-refractivity contribution >= 4 is 11.8 Å². The normalized spacial score (nSPS) is 14.8. The van der Waals surface area contributed by atoms with Crippen LogP contribution < -0.4 is 5.32 Å². The fraction of sp³-hybridized carbons (Fsp3) is 1.00. The Morgan fingerprint density at radius 2 is 1.76 bits per heavy atom. The van der Waals surface area contributed by atoms with Crippen LogP contribution in [0.3, 0.4) is 0 Å². The number of aliphatic hydroxyl groups excluding tert-OH is 1. The zero-order valence-corrected chi connectivity index (χ0v) is 12.7. The predicted octanol–water partition coefficient (Wildman–Crippen LogP) is 3.44. The quantitative estimate of drug-likeness (QED) is 0.528. The molecule has 0 saturated carbocycles. The molecule has 0 bridgehead atoms. The van der Waals surface area contributed by atoms with E-state index in [-0.39, 0.29) is 12.1 Å². The van der Waals surface area contributed by atoms with Gasteiger partial charge in [0.1, 0.15) is 0 Å². The van der Waals surface area contributed by atoms with Crippen LogP contribution in [0.4, 0.5) is 0 Å². The number of thioether (sulfide) groups is 1. The number of hydrogen-bond acceptors (Lipinski definition) is 3. The lowest BCUT2D eigenvalue weighted by molar-refractivity contribution is 0.163. The Hall–Kier alpha value is 0.270. The van der Waals surface area contributed by atoms with E-state index in [9.17, 15) is 5.11 Å². The highest BCUT2D eigenvalue weighted by Crippen LogP contribution is 2.15. The summed E-state index contributed by atoms with van der Waals surface area (Å²) in [5.74, 6) is 2.58. The first-order valence-electron chi connectivity index (χ1n) is 7.12. The van der Waals surface area contributed by atoms with Gasteiger partial charge in [-0.2, -0.15) is 11.8 Å². The minimum absolute atomic E-state index is 0.0654. The Kier molecular flexibility index (Phi) is 11.5. The molecule has 1 atom stereocenters. The van der Waals surface area contributed by atoms with Gasteiger partial charge in [-0.3, -0.25) is 0 Å². The zero-order chi connectivity index (χ0) is 13.0. The fourth-order valence-electron chi connectivity index (χ4n) is 1.72. The minimum Gasteiger partial charge on any atom is -0.394 e. The van der Waals surface area contributed by atoms with Gasteiger partial charge < -0.3 is 10.4 Å². The van der Waals surface area contributed by atoms with Gasteiger partial charge in [-0.05, 0) is 50.7 Å². The van der Waals surface area contributed by atoms with Gasteiger partial charge >= 0.3 is 0 Å². The van der Waals surface area contributed by atoms with E-state index in [1.807, 2.05) is 0 Å². The summed E-state index contributed by atoms with van der Waals surface area (Å²) in [7, 11) is 0. The number of aliphatic hydroxyl groups is 1. The van der Waals surface area contributed by atoms with E-state index >= 15 is 0 Å². The molecule has 2 N–H and O–H groups in total. The largest absolute Gasteiger partial charge is 0.394 e. The van der Waals surface area contributed by atoms with E-state index < -0.39 is 0 Å². The van der Waals surface area contributed by atoms with E-state index in [1.54, 1.807) is 0 Å². The van der Waals surface area contributed by atoms with Crippen molar-refractivity contribution in [2.24, 2.45) is 0 Å². The van der Waals surface area contributed by atoms with Crippen molar-refractivity contribution in [1.82, 2.24) is 5.32 Å². The molecule has 0 heterocycles. The lowest BCUT2D eigenvalue weighted by Crippen LogP contribution is -2.46. The van der Waals surface area contributed by atoms with Crippen LogP contribution in [0.1, 0.15) is 59.3 Å². The smallest absolute Gasteiger partial charge is 0.0610 e. The Balaban J connectivity index is 3.48. The van der Waals surface area contributed by atoms with Crippen LogP contribution in [0.2, 0.25) is 0 Å². The van der Waals surface area contributed by atoms with Gasteiger partial charge in [0.15, 0.2) is 0 Å². The average Bonchev–Trinajstić information content (AvgIpc) is 2.35. The van der Waals surface area contributed by atoms with E-state index in [4.69, 9.17) is 0 Å². The van der Waals surface area contributed by atoms with Crippen molar-refractivity contribution in [2.45, 2.75) is 64.8 Å². The highest BCUT2D eigenvalue weighted by atomic mass is 32.2. The minimum atomic E-state index is -0.0654. The monoisotopic (exact) mass is 261 g/mol. The van der Waals surface area contributed by atoms with Crippen LogP contribution in [0, 0.1) is 0 Å². The molecule has 3 heteroatoms. The van der Waals surface area contributed by atoms with Crippen LogP contribution in [0.5, 0.6) is 0 Å². The summed E-state index contributed by atoms with van der Waals surface area (Å²) in [6, 6.07) is 0. The molecule has 0 amide bonds. The molecular weight excluding hydrogens is 230 g/mol. The molecular formula is C14H31NOS. The average molecular weight is 261 g/mol. The van der Waals surface area contributed by atoms with Crippen LogP contribution in [-0.4, -0.2) is 35.3 Å². The van der Waals surface area contributed by atoms with Gasteiger partial charge in [-0.15, -0.1) is 0 Å². The van der Waals surface area contributed by atoms with Gasteiger partial charge in [0.2, 0.25) is 0 Å². The lowest BCUT2D eigenvalue weighted by Gasteiger charge is -2.28. The van der Waals surface area contributed by atoms with Gasteiger partial charge in [-0.25, -0.2) is 0 Å². The van der Waals surface area contributed by atoms with Crippen molar-refractivity contribution in [3.8, 4) is 0 Å².